The molecule has 98 valence electrons. The molecule has 0 aliphatic carbocycles. The third-order valence-electron chi connectivity index (χ3n) is 2.72. The molecule has 1 aliphatic heterocycles. The first kappa shape index (κ1) is 12.7. The predicted molar refractivity (Wildman–Crippen MR) is 62.3 cm³/mol. The number of guanidine groups is 1. The van der Waals surface area contributed by atoms with E-state index in [0.717, 1.165) is 10.4 Å². The van der Waals surface area contributed by atoms with Gasteiger partial charge in [-0.25, -0.2) is 26.5 Å². The highest BCUT2D eigenvalue weighted by atomic mass is 32.2. The van der Waals surface area contributed by atoms with Gasteiger partial charge in [-0.3, -0.25) is 0 Å². The van der Waals surface area contributed by atoms with Gasteiger partial charge in [0.25, 0.3) is 0 Å². The topological polar surface area (TPSA) is 75.8 Å². The quantitative estimate of drug-likeness (QED) is 0.815. The average molecular weight is 275 g/mol. The monoisotopic (exact) mass is 275 g/mol. The summed E-state index contributed by atoms with van der Waals surface area (Å²) in [6, 6.07) is 1.96. The number of rotatable bonds is 1. The molecule has 0 fully saturated rings. The lowest BCUT2D eigenvalue weighted by Crippen LogP contribution is -2.45. The number of aliphatic imine (C=N–C) groups is 1. The smallest absolute Gasteiger partial charge is 0.239 e. The largest absolute Gasteiger partial charge is 0.369 e. The van der Waals surface area contributed by atoms with E-state index in [2.05, 4.69) is 4.99 Å². The zero-order valence-corrected chi connectivity index (χ0v) is 10.3. The van der Waals surface area contributed by atoms with Crippen LogP contribution in [-0.2, 0) is 10.0 Å². The van der Waals surface area contributed by atoms with Crippen LogP contribution in [0.3, 0.4) is 0 Å². The molecule has 1 heterocycles. The summed E-state index contributed by atoms with van der Waals surface area (Å²) >= 11 is 0. The van der Waals surface area contributed by atoms with Crippen LogP contribution in [0.4, 0.5) is 8.78 Å². The number of halogens is 2. The van der Waals surface area contributed by atoms with E-state index < -0.39 is 33.5 Å². The van der Waals surface area contributed by atoms with E-state index in [-0.39, 0.29) is 11.5 Å². The molecule has 0 aromatic heterocycles. The van der Waals surface area contributed by atoms with E-state index in [4.69, 9.17) is 5.73 Å². The number of benzene rings is 1. The van der Waals surface area contributed by atoms with E-state index in [9.17, 15) is 17.2 Å². The lowest BCUT2D eigenvalue weighted by molar-refractivity contribution is 0.522. The van der Waals surface area contributed by atoms with Gasteiger partial charge in [0.15, 0.2) is 0 Å². The molecule has 0 saturated carbocycles. The normalized spacial score (nSPS) is 22.7. The van der Waals surface area contributed by atoms with E-state index in [0.29, 0.717) is 6.07 Å². The lowest BCUT2D eigenvalue weighted by atomic mass is 10.1. The van der Waals surface area contributed by atoms with Crippen molar-refractivity contribution >= 4 is 16.0 Å². The first-order valence-corrected chi connectivity index (χ1v) is 6.67. The summed E-state index contributed by atoms with van der Waals surface area (Å²) < 4.78 is 50.6. The Hall–Kier alpha value is -1.70. The van der Waals surface area contributed by atoms with Gasteiger partial charge in [-0.05, 0) is 6.07 Å². The van der Waals surface area contributed by atoms with Gasteiger partial charge >= 0.3 is 0 Å². The van der Waals surface area contributed by atoms with Gasteiger partial charge in [-0.15, -0.1) is 0 Å². The molecule has 8 heteroatoms. The van der Waals surface area contributed by atoms with Gasteiger partial charge < -0.3 is 5.73 Å². The summed E-state index contributed by atoms with van der Waals surface area (Å²) in [7, 11) is -2.35. The fourth-order valence-electron chi connectivity index (χ4n) is 1.66. The number of hydrogen-bond acceptors (Lipinski definition) is 4. The first-order valence-electron chi connectivity index (χ1n) is 5.06. The third-order valence-corrected chi connectivity index (χ3v) is 4.48. The standard InChI is InChI=1S/C10H11F2N3O2S/c1-15-10(13)14-9(5-18(15,16)17)7-3-2-6(11)4-8(7)12/h2-4,9H,5H2,1H3,(H2,13,14)/t9-/m0/s1. The summed E-state index contributed by atoms with van der Waals surface area (Å²) in [5, 5.41) is 0. The Morgan fingerprint density at radius 1 is 1.44 bits per heavy atom. The molecule has 0 saturated heterocycles. The number of nitrogens with two attached hydrogens (primary N) is 1. The highest BCUT2D eigenvalue weighted by Gasteiger charge is 2.32. The summed E-state index contributed by atoms with van der Waals surface area (Å²) in [6.45, 7) is 0. The van der Waals surface area contributed by atoms with Crippen LogP contribution in [0.1, 0.15) is 11.6 Å². The molecule has 0 unspecified atom stereocenters. The Kier molecular flexibility index (Phi) is 2.97. The van der Waals surface area contributed by atoms with Gasteiger partial charge in [0, 0.05) is 18.7 Å². The predicted octanol–water partition coefficient (Wildman–Crippen LogP) is 0.596. The molecule has 2 rings (SSSR count). The van der Waals surface area contributed by atoms with E-state index in [1.54, 1.807) is 0 Å². The Labute approximate surface area is 103 Å². The molecule has 0 radical (unpaired) electrons. The molecule has 18 heavy (non-hydrogen) atoms. The van der Waals surface area contributed by atoms with Crippen LogP contribution in [0.2, 0.25) is 0 Å². The maximum absolute atomic E-state index is 13.6. The van der Waals surface area contributed by atoms with E-state index >= 15 is 0 Å². The molecule has 0 spiro atoms. The van der Waals surface area contributed by atoms with Crippen molar-refractivity contribution in [1.29, 1.82) is 0 Å². The Morgan fingerprint density at radius 2 is 2.11 bits per heavy atom. The van der Waals surface area contributed by atoms with Crippen LogP contribution < -0.4 is 5.73 Å². The van der Waals surface area contributed by atoms with Crippen LogP contribution in [-0.4, -0.2) is 31.5 Å². The first-order chi connectivity index (χ1) is 8.31. The fraction of sp³-hybridized carbons (Fsp3) is 0.300. The second kappa shape index (κ2) is 4.20. The van der Waals surface area contributed by atoms with Crippen LogP contribution >= 0.6 is 0 Å². The maximum atomic E-state index is 13.6. The Morgan fingerprint density at radius 3 is 2.67 bits per heavy atom. The van der Waals surface area contributed by atoms with Crippen molar-refractivity contribution in [3.05, 3.63) is 35.4 Å². The number of sulfonamides is 1. The number of nitrogens with zero attached hydrogens (tertiary/aromatic N) is 2. The zero-order chi connectivity index (χ0) is 13.5. The molecule has 1 aromatic rings. The molecule has 5 nitrogen and oxygen atoms in total. The lowest BCUT2D eigenvalue weighted by Gasteiger charge is -2.27. The fourth-order valence-corrected chi connectivity index (χ4v) is 2.87. The van der Waals surface area contributed by atoms with Crippen molar-refractivity contribution in [3.63, 3.8) is 0 Å². The van der Waals surface area contributed by atoms with Gasteiger partial charge in [0.2, 0.25) is 16.0 Å². The summed E-state index contributed by atoms with van der Waals surface area (Å²) in [4.78, 5) is 3.90. The molecule has 0 amide bonds. The average Bonchev–Trinajstić information content (AvgIpc) is 2.25. The van der Waals surface area contributed by atoms with E-state index in [1.165, 1.54) is 13.1 Å². The van der Waals surface area contributed by atoms with Crippen molar-refractivity contribution < 1.29 is 17.2 Å². The van der Waals surface area contributed by atoms with Gasteiger partial charge in [-0.1, -0.05) is 6.07 Å². The third kappa shape index (κ3) is 2.15. The van der Waals surface area contributed by atoms with Crippen molar-refractivity contribution in [2.75, 3.05) is 12.8 Å². The number of hydrogen-bond donors (Lipinski definition) is 1. The molecular weight excluding hydrogens is 264 g/mol. The molecule has 2 N–H and O–H groups in total. The maximum Gasteiger partial charge on any atom is 0.239 e. The van der Waals surface area contributed by atoms with Crippen LogP contribution in [0.25, 0.3) is 0 Å². The summed E-state index contributed by atoms with van der Waals surface area (Å²) in [5.41, 5.74) is 5.47. The van der Waals surface area contributed by atoms with Crippen LogP contribution in [0.5, 0.6) is 0 Å². The second-order valence-electron chi connectivity index (χ2n) is 3.91. The van der Waals surface area contributed by atoms with Crippen molar-refractivity contribution in [3.8, 4) is 0 Å². The Bertz CT molecular complexity index is 616. The molecule has 1 aromatic carbocycles. The van der Waals surface area contributed by atoms with Gasteiger partial charge in [0.1, 0.15) is 11.6 Å². The highest BCUT2D eigenvalue weighted by Crippen LogP contribution is 2.27. The SMILES string of the molecule is CN1C(N)=N[C@H](c2ccc(F)cc2F)CS1(=O)=O. The minimum absolute atomic E-state index is 0.0102. The molecular formula is C10H11F2N3O2S. The summed E-state index contributed by atoms with van der Waals surface area (Å²) in [5.74, 6) is -2.18. The minimum Gasteiger partial charge on any atom is -0.369 e. The second-order valence-corrected chi connectivity index (χ2v) is 5.96. The minimum atomic E-state index is -3.62. The van der Waals surface area contributed by atoms with E-state index in [1.807, 2.05) is 0 Å². The summed E-state index contributed by atoms with van der Waals surface area (Å²) in [6.07, 6.45) is 0. The van der Waals surface area contributed by atoms with Crippen molar-refractivity contribution in [2.24, 2.45) is 10.7 Å². The van der Waals surface area contributed by atoms with Crippen LogP contribution in [0.15, 0.2) is 23.2 Å². The van der Waals surface area contributed by atoms with Crippen molar-refractivity contribution in [2.45, 2.75) is 6.04 Å². The zero-order valence-electron chi connectivity index (χ0n) is 9.47. The molecule has 1 aliphatic rings. The Balaban J connectivity index is 2.47. The van der Waals surface area contributed by atoms with Crippen LogP contribution in [0, 0.1) is 11.6 Å². The molecule has 1 atom stereocenters. The highest BCUT2D eigenvalue weighted by molar-refractivity contribution is 7.89. The molecule has 0 bridgehead atoms. The van der Waals surface area contributed by atoms with Gasteiger partial charge in [-0.2, -0.15) is 0 Å². The van der Waals surface area contributed by atoms with Crippen molar-refractivity contribution in [1.82, 2.24) is 4.31 Å². The van der Waals surface area contributed by atoms with Gasteiger partial charge in [0.05, 0.1) is 11.8 Å².